The summed E-state index contributed by atoms with van der Waals surface area (Å²) in [6.45, 7) is 3.04. The highest BCUT2D eigenvalue weighted by Crippen LogP contribution is 2.31. The number of phenolic OH excluding ortho intramolecular Hbond substituents is 1. The molecular weight excluding hydrogens is 368 g/mol. The Morgan fingerprint density at radius 1 is 1.28 bits per heavy atom. The monoisotopic (exact) mass is 390 g/mol. The van der Waals surface area contributed by atoms with Crippen molar-refractivity contribution in [3.05, 3.63) is 47.1 Å². The van der Waals surface area contributed by atoms with E-state index in [-0.39, 0.29) is 17.4 Å². The van der Waals surface area contributed by atoms with Gasteiger partial charge in [0.15, 0.2) is 5.82 Å². The van der Waals surface area contributed by atoms with Crippen molar-refractivity contribution in [3.8, 4) is 17.1 Å². The quantitative estimate of drug-likeness (QED) is 0.545. The van der Waals surface area contributed by atoms with Crippen LogP contribution in [0, 0.1) is 0 Å². The average Bonchev–Trinajstić information content (AvgIpc) is 3.06. The number of phenols is 1. The Morgan fingerprint density at radius 3 is 2.97 bits per heavy atom. The van der Waals surface area contributed by atoms with Gasteiger partial charge in [-0.05, 0) is 38.4 Å². The number of piperidine rings is 1. The van der Waals surface area contributed by atoms with E-state index in [1.54, 1.807) is 16.9 Å². The Hall–Kier alpha value is -3.26. The number of aromatic nitrogens is 5. The third kappa shape index (κ3) is 3.05. The van der Waals surface area contributed by atoms with Gasteiger partial charge in [0.2, 0.25) is 0 Å². The largest absolute Gasteiger partial charge is 0.507 e. The summed E-state index contributed by atoms with van der Waals surface area (Å²) in [5.41, 5.74) is 1.72. The van der Waals surface area contributed by atoms with E-state index in [4.69, 9.17) is 0 Å². The van der Waals surface area contributed by atoms with E-state index in [1.165, 1.54) is 0 Å². The van der Waals surface area contributed by atoms with E-state index in [0.29, 0.717) is 33.8 Å². The maximum Gasteiger partial charge on any atom is 0.261 e. The van der Waals surface area contributed by atoms with Gasteiger partial charge in [0.05, 0.1) is 22.0 Å². The van der Waals surface area contributed by atoms with Crippen molar-refractivity contribution in [1.29, 1.82) is 0 Å². The van der Waals surface area contributed by atoms with Crippen LogP contribution in [0.15, 0.2) is 41.6 Å². The second kappa shape index (κ2) is 6.66. The highest BCUT2D eigenvalue weighted by molar-refractivity contribution is 5.87. The molecule has 5 rings (SSSR count). The number of fused-ring (bicyclic) bond motifs is 2. The first-order chi connectivity index (χ1) is 14.0. The van der Waals surface area contributed by atoms with Gasteiger partial charge in [-0.15, -0.1) is 0 Å². The minimum Gasteiger partial charge on any atom is -0.507 e. The third-order valence-electron chi connectivity index (χ3n) is 5.64. The number of aryl methyl sites for hydroxylation is 1. The molecule has 0 bridgehead atoms. The molecule has 1 aromatic carbocycles. The molecular formula is C21H22N6O2. The normalized spacial score (nSPS) is 19.8. The molecule has 1 fully saturated rings. The lowest BCUT2D eigenvalue weighted by Gasteiger charge is -2.29. The number of nitrogens with zero attached hydrogens (tertiary/aromatic N) is 5. The summed E-state index contributed by atoms with van der Waals surface area (Å²) in [7, 11) is 1.83. The summed E-state index contributed by atoms with van der Waals surface area (Å²) in [6, 6.07) is 5.85. The van der Waals surface area contributed by atoms with Crippen molar-refractivity contribution in [2.24, 2.45) is 7.05 Å². The van der Waals surface area contributed by atoms with Crippen LogP contribution in [0.5, 0.6) is 5.75 Å². The van der Waals surface area contributed by atoms with Gasteiger partial charge in [-0.2, -0.15) is 5.10 Å². The van der Waals surface area contributed by atoms with Crippen LogP contribution in [0.3, 0.4) is 0 Å². The van der Waals surface area contributed by atoms with Crippen LogP contribution in [0.4, 0.5) is 0 Å². The maximum absolute atomic E-state index is 13.0. The Bertz CT molecular complexity index is 1290. The van der Waals surface area contributed by atoms with Crippen LogP contribution < -0.4 is 10.9 Å². The minimum atomic E-state index is -0.0694. The lowest BCUT2D eigenvalue weighted by molar-refractivity contribution is 0.309. The van der Waals surface area contributed by atoms with Crippen molar-refractivity contribution in [2.75, 3.05) is 6.54 Å². The van der Waals surface area contributed by atoms with E-state index in [1.807, 2.05) is 36.1 Å². The fourth-order valence-electron chi connectivity index (χ4n) is 4.18. The number of hydrogen-bond donors (Lipinski definition) is 2. The molecule has 1 aliphatic rings. The Balaban J connectivity index is 1.58. The van der Waals surface area contributed by atoms with Gasteiger partial charge in [-0.3, -0.25) is 9.48 Å². The molecule has 4 heterocycles. The van der Waals surface area contributed by atoms with Gasteiger partial charge in [-0.25, -0.2) is 9.97 Å². The maximum atomic E-state index is 13.0. The van der Waals surface area contributed by atoms with Gasteiger partial charge < -0.3 is 15.0 Å². The molecule has 0 saturated carbocycles. The predicted octanol–water partition coefficient (Wildman–Crippen LogP) is 2.36. The van der Waals surface area contributed by atoms with Crippen LogP contribution in [0.25, 0.3) is 33.2 Å². The molecule has 8 nitrogen and oxygen atoms in total. The van der Waals surface area contributed by atoms with E-state index >= 15 is 0 Å². The van der Waals surface area contributed by atoms with Gasteiger partial charge in [0.25, 0.3) is 5.56 Å². The predicted molar refractivity (Wildman–Crippen MR) is 111 cm³/mol. The summed E-state index contributed by atoms with van der Waals surface area (Å²) in [5, 5.41) is 19.5. The van der Waals surface area contributed by atoms with Crippen molar-refractivity contribution in [3.63, 3.8) is 0 Å². The topological polar surface area (TPSA) is 97.9 Å². The fraction of sp³-hybridized carbons (Fsp3) is 0.333. The molecule has 29 heavy (non-hydrogen) atoms. The number of rotatable bonds is 2. The van der Waals surface area contributed by atoms with E-state index < -0.39 is 0 Å². The minimum absolute atomic E-state index is 0.0626. The van der Waals surface area contributed by atoms with Crippen LogP contribution in [-0.4, -0.2) is 42.0 Å². The second-order valence-corrected chi connectivity index (χ2v) is 7.78. The Labute approximate surface area is 166 Å². The summed E-state index contributed by atoms with van der Waals surface area (Å²) in [5.74, 6) is 0.445. The van der Waals surface area contributed by atoms with Gasteiger partial charge in [0.1, 0.15) is 5.75 Å². The van der Waals surface area contributed by atoms with Gasteiger partial charge in [0, 0.05) is 49.2 Å². The molecule has 1 saturated heterocycles. The average molecular weight is 390 g/mol. The molecule has 2 unspecified atom stereocenters. The number of pyridine rings is 1. The van der Waals surface area contributed by atoms with Crippen LogP contribution in [0.1, 0.15) is 25.8 Å². The summed E-state index contributed by atoms with van der Waals surface area (Å²) in [6.07, 6.45) is 7.11. The zero-order valence-electron chi connectivity index (χ0n) is 16.3. The van der Waals surface area contributed by atoms with Crippen molar-refractivity contribution in [1.82, 2.24) is 29.6 Å². The molecule has 4 aromatic rings. The molecule has 0 spiro atoms. The SMILES string of the molecule is CC1CC(n2ccc3nc(-c4cc5cn(C)nc5cc4O)ncc3c2=O)CCN1. The molecule has 1 aliphatic heterocycles. The zero-order valence-corrected chi connectivity index (χ0v) is 16.3. The number of benzene rings is 1. The molecule has 148 valence electrons. The van der Waals surface area contributed by atoms with Gasteiger partial charge >= 0.3 is 0 Å². The first-order valence-corrected chi connectivity index (χ1v) is 9.77. The van der Waals surface area contributed by atoms with Gasteiger partial charge in [-0.1, -0.05) is 0 Å². The first-order valence-electron chi connectivity index (χ1n) is 9.77. The van der Waals surface area contributed by atoms with E-state index in [2.05, 4.69) is 27.3 Å². The van der Waals surface area contributed by atoms with Crippen molar-refractivity contribution >= 4 is 21.8 Å². The molecule has 0 radical (unpaired) electrons. The van der Waals surface area contributed by atoms with Crippen LogP contribution in [-0.2, 0) is 7.05 Å². The Morgan fingerprint density at radius 2 is 2.14 bits per heavy atom. The van der Waals surface area contributed by atoms with Crippen LogP contribution in [0.2, 0.25) is 0 Å². The summed E-state index contributed by atoms with van der Waals surface area (Å²) >= 11 is 0. The highest BCUT2D eigenvalue weighted by Gasteiger charge is 2.21. The van der Waals surface area contributed by atoms with Crippen molar-refractivity contribution in [2.45, 2.75) is 31.8 Å². The lowest BCUT2D eigenvalue weighted by Crippen LogP contribution is -2.39. The smallest absolute Gasteiger partial charge is 0.261 e. The molecule has 8 heteroatoms. The standard InChI is InChI=1S/C21H22N6O2/c1-12-7-14(3-5-22-12)27-6-4-17-16(21(27)29)10-23-20(24-17)15-8-13-11-26(2)25-18(13)9-19(15)28/h4,6,8-12,14,22,28H,3,5,7H2,1-2H3. The highest BCUT2D eigenvalue weighted by atomic mass is 16.3. The molecule has 2 N–H and O–H groups in total. The van der Waals surface area contributed by atoms with E-state index in [0.717, 1.165) is 24.8 Å². The molecule has 0 aliphatic carbocycles. The number of hydrogen-bond acceptors (Lipinski definition) is 6. The first kappa shape index (κ1) is 17.8. The second-order valence-electron chi connectivity index (χ2n) is 7.78. The molecule has 3 aromatic heterocycles. The fourth-order valence-corrected chi connectivity index (χ4v) is 4.18. The van der Waals surface area contributed by atoms with Crippen LogP contribution >= 0.6 is 0 Å². The molecule has 2 atom stereocenters. The number of aromatic hydroxyl groups is 1. The van der Waals surface area contributed by atoms with Crippen molar-refractivity contribution < 1.29 is 5.11 Å². The Kier molecular flexibility index (Phi) is 4.09. The number of nitrogens with one attached hydrogen (secondary N) is 1. The summed E-state index contributed by atoms with van der Waals surface area (Å²) < 4.78 is 3.50. The van der Waals surface area contributed by atoms with E-state index in [9.17, 15) is 9.90 Å². The summed E-state index contributed by atoms with van der Waals surface area (Å²) in [4.78, 5) is 22.0. The lowest BCUT2D eigenvalue weighted by atomic mass is 10.00. The zero-order chi connectivity index (χ0) is 20.1. The molecule has 0 amide bonds. The third-order valence-corrected chi connectivity index (χ3v) is 5.64.